The molecule has 0 fully saturated rings. The van der Waals surface area contributed by atoms with Gasteiger partial charge in [-0.15, -0.1) is 11.3 Å². The molecule has 22 heavy (non-hydrogen) atoms. The number of aromatic nitrogens is 3. The van der Waals surface area contributed by atoms with Crippen LogP contribution in [0.3, 0.4) is 0 Å². The maximum Gasteiger partial charge on any atom is 0.269 e. The first-order valence-corrected chi connectivity index (χ1v) is 7.21. The van der Waals surface area contributed by atoms with Crippen LogP contribution in [0.4, 0.5) is 17.3 Å². The van der Waals surface area contributed by atoms with Gasteiger partial charge in [0.25, 0.3) is 5.69 Å². The molecule has 8 heteroatoms. The van der Waals surface area contributed by atoms with E-state index >= 15 is 0 Å². The van der Waals surface area contributed by atoms with Gasteiger partial charge in [0.2, 0.25) is 5.95 Å². The number of hydrogen-bond donors (Lipinski definition) is 1. The summed E-state index contributed by atoms with van der Waals surface area (Å²) in [5, 5.41) is 14.5. The van der Waals surface area contributed by atoms with Crippen LogP contribution in [0.5, 0.6) is 0 Å². The van der Waals surface area contributed by atoms with E-state index < -0.39 is 4.92 Å². The van der Waals surface area contributed by atoms with E-state index in [1.807, 2.05) is 6.92 Å². The third-order valence-electron chi connectivity index (χ3n) is 2.83. The molecule has 1 aromatic carbocycles. The lowest BCUT2D eigenvalue weighted by molar-refractivity contribution is -0.384. The van der Waals surface area contributed by atoms with Gasteiger partial charge in [-0.3, -0.25) is 10.1 Å². The molecule has 2 heterocycles. The van der Waals surface area contributed by atoms with Crippen molar-refractivity contribution in [3.05, 3.63) is 57.7 Å². The molecule has 0 saturated heterocycles. The predicted octanol–water partition coefficient (Wildman–Crippen LogP) is 3.56. The van der Waals surface area contributed by atoms with Crippen LogP contribution >= 0.6 is 11.3 Å². The van der Waals surface area contributed by atoms with Crippen LogP contribution in [0.15, 0.2) is 42.7 Å². The minimum Gasteiger partial charge on any atom is -0.324 e. The molecule has 1 N–H and O–H groups in total. The van der Waals surface area contributed by atoms with Crippen LogP contribution in [-0.4, -0.2) is 19.9 Å². The van der Waals surface area contributed by atoms with Crippen LogP contribution in [0.1, 0.15) is 4.88 Å². The van der Waals surface area contributed by atoms with Gasteiger partial charge in [0.15, 0.2) is 0 Å². The zero-order chi connectivity index (χ0) is 15.5. The molecule has 3 rings (SSSR count). The second-order valence-electron chi connectivity index (χ2n) is 4.47. The van der Waals surface area contributed by atoms with E-state index in [0.29, 0.717) is 11.6 Å². The second-order valence-corrected chi connectivity index (χ2v) is 5.71. The van der Waals surface area contributed by atoms with Crippen molar-refractivity contribution in [1.29, 1.82) is 0 Å². The van der Waals surface area contributed by atoms with E-state index in [1.54, 1.807) is 41.9 Å². The summed E-state index contributed by atoms with van der Waals surface area (Å²) in [7, 11) is 0. The van der Waals surface area contributed by atoms with Gasteiger partial charge >= 0.3 is 0 Å². The minimum atomic E-state index is -0.439. The fourth-order valence-electron chi connectivity index (χ4n) is 1.81. The van der Waals surface area contributed by atoms with Crippen molar-refractivity contribution in [2.24, 2.45) is 0 Å². The Morgan fingerprint density at radius 2 is 1.95 bits per heavy atom. The summed E-state index contributed by atoms with van der Waals surface area (Å²) in [5.41, 5.74) is 1.45. The molecule has 0 amide bonds. The topological polar surface area (TPSA) is 93.8 Å². The zero-order valence-electron chi connectivity index (χ0n) is 11.6. The number of non-ortho nitro benzene ring substituents is 1. The molecule has 3 aromatic rings. The molecule has 0 spiro atoms. The van der Waals surface area contributed by atoms with Gasteiger partial charge in [-0.2, -0.15) is 0 Å². The highest BCUT2D eigenvalue weighted by Crippen LogP contribution is 2.24. The van der Waals surface area contributed by atoms with Gasteiger partial charge in [0.05, 0.1) is 4.92 Å². The number of aryl methyl sites for hydroxylation is 1. The highest BCUT2D eigenvalue weighted by Gasteiger charge is 2.07. The maximum atomic E-state index is 10.6. The Kier molecular flexibility index (Phi) is 3.75. The minimum absolute atomic E-state index is 0.0403. The van der Waals surface area contributed by atoms with Crippen molar-refractivity contribution in [3.8, 4) is 10.7 Å². The lowest BCUT2D eigenvalue weighted by atomic mass is 10.3. The molecule has 0 aliphatic heterocycles. The first-order chi connectivity index (χ1) is 10.6. The number of anilines is 2. The summed E-state index contributed by atoms with van der Waals surface area (Å²) in [6.45, 7) is 1.98. The predicted molar refractivity (Wildman–Crippen MR) is 84.3 cm³/mol. The Hall–Kier alpha value is -2.87. The molecule has 0 aliphatic carbocycles. The number of nitro groups is 1. The van der Waals surface area contributed by atoms with E-state index in [-0.39, 0.29) is 5.69 Å². The molecular formula is C14H11N5O2S. The summed E-state index contributed by atoms with van der Waals surface area (Å²) in [4.78, 5) is 24.1. The van der Waals surface area contributed by atoms with Gasteiger partial charge in [0.1, 0.15) is 10.7 Å². The monoisotopic (exact) mass is 313 g/mol. The van der Waals surface area contributed by atoms with Gasteiger partial charge in [0, 0.05) is 35.1 Å². The molecule has 0 unspecified atom stereocenters. The summed E-state index contributed by atoms with van der Waals surface area (Å²) in [6.07, 6.45) is 3.44. The normalized spacial score (nSPS) is 10.4. The van der Waals surface area contributed by atoms with Crippen molar-refractivity contribution in [2.75, 3.05) is 5.32 Å². The highest BCUT2D eigenvalue weighted by atomic mass is 32.1. The molecule has 7 nitrogen and oxygen atoms in total. The lowest BCUT2D eigenvalue weighted by Gasteiger charge is -2.05. The third-order valence-corrected chi connectivity index (χ3v) is 3.77. The fourth-order valence-corrected chi connectivity index (χ4v) is 2.54. The number of rotatable bonds is 4. The van der Waals surface area contributed by atoms with Crippen LogP contribution in [-0.2, 0) is 0 Å². The van der Waals surface area contributed by atoms with Gasteiger partial charge < -0.3 is 5.32 Å². The van der Waals surface area contributed by atoms with Crippen molar-refractivity contribution in [1.82, 2.24) is 15.0 Å². The van der Waals surface area contributed by atoms with Gasteiger partial charge in [-0.1, -0.05) is 0 Å². The number of nitro benzene ring substituents is 1. The molecule has 2 aromatic heterocycles. The SMILES string of the molecule is Cc1cnc(-c2ccnc(Nc3ccc([N+](=O)[O-])cc3)n2)s1. The quantitative estimate of drug-likeness (QED) is 0.584. The highest BCUT2D eigenvalue weighted by molar-refractivity contribution is 7.14. The number of thiazole rings is 1. The number of nitrogens with zero attached hydrogens (tertiary/aromatic N) is 4. The summed E-state index contributed by atoms with van der Waals surface area (Å²) < 4.78 is 0. The van der Waals surface area contributed by atoms with Crippen molar-refractivity contribution in [3.63, 3.8) is 0 Å². The smallest absolute Gasteiger partial charge is 0.269 e. The van der Waals surface area contributed by atoms with Crippen LogP contribution < -0.4 is 5.32 Å². The molecule has 0 aliphatic rings. The number of nitrogens with one attached hydrogen (secondary N) is 1. The molecule has 0 atom stereocenters. The number of hydrogen-bond acceptors (Lipinski definition) is 7. The average Bonchev–Trinajstić information content (AvgIpc) is 2.95. The van der Waals surface area contributed by atoms with Crippen molar-refractivity contribution < 1.29 is 4.92 Å². The van der Waals surface area contributed by atoms with Gasteiger partial charge in [-0.25, -0.2) is 15.0 Å². The fraction of sp³-hybridized carbons (Fsp3) is 0.0714. The second kappa shape index (κ2) is 5.86. The third kappa shape index (κ3) is 3.07. The van der Waals surface area contributed by atoms with Crippen molar-refractivity contribution in [2.45, 2.75) is 6.92 Å². The summed E-state index contributed by atoms with van der Waals surface area (Å²) >= 11 is 1.56. The molecular weight excluding hydrogens is 302 g/mol. The average molecular weight is 313 g/mol. The van der Waals surface area contributed by atoms with E-state index in [0.717, 1.165) is 15.6 Å². The Morgan fingerprint density at radius 3 is 2.59 bits per heavy atom. The van der Waals surface area contributed by atoms with E-state index in [4.69, 9.17) is 0 Å². The lowest BCUT2D eigenvalue weighted by Crippen LogP contribution is -1.98. The largest absolute Gasteiger partial charge is 0.324 e. The molecule has 0 radical (unpaired) electrons. The van der Waals surface area contributed by atoms with Crippen LogP contribution in [0.2, 0.25) is 0 Å². The molecule has 0 saturated carbocycles. The van der Waals surface area contributed by atoms with Crippen LogP contribution in [0, 0.1) is 17.0 Å². The molecule has 110 valence electrons. The Labute approximate surface area is 129 Å². The van der Waals surface area contributed by atoms with E-state index in [1.165, 1.54) is 12.1 Å². The Balaban J connectivity index is 1.82. The first kappa shape index (κ1) is 14.1. The van der Waals surface area contributed by atoms with Crippen molar-refractivity contribution >= 4 is 28.7 Å². The first-order valence-electron chi connectivity index (χ1n) is 6.39. The Morgan fingerprint density at radius 1 is 1.18 bits per heavy atom. The summed E-state index contributed by atoms with van der Waals surface area (Å²) in [5.74, 6) is 0.416. The standard InChI is InChI=1S/C14H11N5O2S/c1-9-8-16-13(22-9)12-6-7-15-14(18-12)17-10-2-4-11(5-3-10)19(20)21/h2-8H,1H3,(H,15,17,18). The van der Waals surface area contributed by atoms with Gasteiger partial charge in [-0.05, 0) is 25.1 Å². The molecule has 0 bridgehead atoms. The van der Waals surface area contributed by atoms with E-state index in [2.05, 4.69) is 20.3 Å². The van der Waals surface area contributed by atoms with Crippen LogP contribution in [0.25, 0.3) is 10.7 Å². The number of benzene rings is 1. The zero-order valence-corrected chi connectivity index (χ0v) is 12.4. The Bertz CT molecular complexity index is 816. The maximum absolute atomic E-state index is 10.6. The summed E-state index contributed by atoms with van der Waals surface area (Å²) in [6, 6.07) is 7.87. The van der Waals surface area contributed by atoms with E-state index in [9.17, 15) is 10.1 Å².